The highest BCUT2D eigenvalue weighted by atomic mass is 17.3. The van der Waals surface area contributed by atoms with Crippen LogP contribution in [0.25, 0.3) is 0 Å². The highest BCUT2D eigenvalue weighted by molar-refractivity contribution is 5.62. The summed E-state index contributed by atoms with van der Waals surface area (Å²) in [6.07, 6.45) is 17.7. The summed E-state index contributed by atoms with van der Waals surface area (Å²) in [7, 11) is 0. The Morgan fingerprint density at radius 2 is 1.00 bits per heavy atom. The van der Waals surface area contributed by atoms with Gasteiger partial charge >= 0.3 is 12.3 Å². The van der Waals surface area contributed by atoms with Crippen LogP contribution in [-0.2, 0) is 14.5 Å². The van der Waals surface area contributed by atoms with Gasteiger partial charge in [-0.2, -0.15) is 9.68 Å². The normalized spacial score (nSPS) is 10.5. The Kier molecular flexibility index (Phi) is 18.7. The summed E-state index contributed by atoms with van der Waals surface area (Å²) in [5, 5.41) is 8.13. The lowest BCUT2D eigenvalue weighted by molar-refractivity contribution is -0.213. The first kappa shape index (κ1) is 24.5. The van der Waals surface area contributed by atoms with E-state index < -0.39 is 12.3 Å². The zero-order valence-electron chi connectivity index (χ0n) is 16.5. The van der Waals surface area contributed by atoms with Crippen LogP contribution in [0, 0.1) is 0 Å². The second-order valence-corrected chi connectivity index (χ2v) is 6.83. The third kappa shape index (κ3) is 20.6. The Hall–Kier alpha value is -1.46. The van der Waals surface area contributed by atoms with Gasteiger partial charge in [-0.3, -0.25) is 0 Å². The lowest BCUT2D eigenvalue weighted by atomic mass is 10.0. The molecule has 0 aromatic heterocycles. The molecule has 6 heteroatoms. The van der Waals surface area contributed by atoms with Crippen LogP contribution in [0.1, 0.15) is 110 Å². The minimum absolute atomic E-state index is 0.222. The summed E-state index contributed by atoms with van der Waals surface area (Å²) in [6.45, 7) is 2.48. The Balaban J connectivity index is 3.09. The first-order valence-electron chi connectivity index (χ1n) is 10.4. The molecule has 0 fully saturated rings. The number of carboxylic acid groups (broad SMARTS) is 1. The SMILES string of the molecule is CCCCCCCCCCCCCCCCCCOC(=O)OOC(=O)O. The van der Waals surface area contributed by atoms with Crippen molar-refractivity contribution in [1.29, 1.82) is 0 Å². The van der Waals surface area contributed by atoms with Crippen LogP contribution >= 0.6 is 0 Å². The smallest absolute Gasteiger partial charge is 0.447 e. The van der Waals surface area contributed by atoms with Crippen molar-refractivity contribution in [3.8, 4) is 0 Å². The van der Waals surface area contributed by atoms with Crippen LogP contribution in [0.4, 0.5) is 9.59 Å². The lowest BCUT2D eigenvalue weighted by Gasteiger charge is -2.04. The Bertz CT molecular complexity index is 332. The highest BCUT2D eigenvalue weighted by Crippen LogP contribution is 2.13. The van der Waals surface area contributed by atoms with E-state index in [9.17, 15) is 9.59 Å². The molecule has 0 aliphatic carbocycles. The average Bonchev–Trinajstić information content (AvgIpc) is 2.62. The van der Waals surface area contributed by atoms with Crippen LogP contribution in [0.2, 0.25) is 0 Å². The summed E-state index contributed by atoms with van der Waals surface area (Å²) in [5.41, 5.74) is 0. The van der Waals surface area contributed by atoms with E-state index in [1.54, 1.807) is 0 Å². The standard InChI is InChI=1S/C20H38O6/c1-2-3-4-5-6-7-8-9-10-11-12-13-14-15-16-17-18-24-20(23)26-25-19(21)22/h2-18H2,1H3,(H,21,22). The van der Waals surface area contributed by atoms with E-state index in [0.717, 1.165) is 19.3 Å². The number of unbranched alkanes of at least 4 members (excludes halogenated alkanes) is 15. The Morgan fingerprint density at radius 1 is 0.615 bits per heavy atom. The van der Waals surface area contributed by atoms with Crippen LogP contribution < -0.4 is 0 Å². The fourth-order valence-electron chi connectivity index (χ4n) is 2.90. The summed E-state index contributed by atoms with van der Waals surface area (Å²) in [5.74, 6) is 0. The maximum atomic E-state index is 10.9. The second-order valence-electron chi connectivity index (χ2n) is 6.83. The predicted octanol–water partition coefficient (Wildman–Crippen LogP) is 7.01. The van der Waals surface area contributed by atoms with Crippen molar-refractivity contribution in [2.24, 2.45) is 0 Å². The maximum absolute atomic E-state index is 10.9. The van der Waals surface area contributed by atoms with E-state index in [4.69, 9.17) is 5.11 Å². The number of ether oxygens (including phenoxy) is 1. The van der Waals surface area contributed by atoms with Gasteiger partial charge in [0.2, 0.25) is 0 Å². The molecule has 0 radical (unpaired) electrons. The van der Waals surface area contributed by atoms with Gasteiger partial charge in [0.15, 0.2) is 0 Å². The fraction of sp³-hybridized carbons (Fsp3) is 0.900. The molecule has 0 amide bonds. The zero-order chi connectivity index (χ0) is 19.3. The third-order valence-corrected chi connectivity index (χ3v) is 4.40. The maximum Gasteiger partial charge on any atom is 0.549 e. The number of hydrogen-bond donors (Lipinski definition) is 1. The van der Waals surface area contributed by atoms with Gasteiger partial charge in [-0.15, -0.1) is 0 Å². The van der Waals surface area contributed by atoms with Gasteiger partial charge in [0.25, 0.3) is 0 Å². The molecular formula is C20H38O6. The molecular weight excluding hydrogens is 336 g/mol. The van der Waals surface area contributed by atoms with E-state index in [2.05, 4.69) is 21.4 Å². The van der Waals surface area contributed by atoms with E-state index in [0.29, 0.717) is 0 Å². The van der Waals surface area contributed by atoms with Gasteiger partial charge < -0.3 is 9.84 Å². The van der Waals surface area contributed by atoms with E-state index >= 15 is 0 Å². The van der Waals surface area contributed by atoms with Crippen molar-refractivity contribution in [1.82, 2.24) is 0 Å². The van der Waals surface area contributed by atoms with Crippen molar-refractivity contribution < 1.29 is 29.2 Å². The molecule has 0 aliphatic rings. The molecule has 0 heterocycles. The molecule has 0 saturated carbocycles. The summed E-state index contributed by atoms with van der Waals surface area (Å²) >= 11 is 0. The molecule has 6 nitrogen and oxygen atoms in total. The van der Waals surface area contributed by atoms with Gasteiger partial charge in [-0.05, 0) is 6.42 Å². The Morgan fingerprint density at radius 3 is 1.38 bits per heavy atom. The quantitative estimate of drug-likeness (QED) is 0.128. The largest absolute Gasteiger partial charge is 0.549 e. The summed E-state index contributed by atoms with van der Waals surface area (Å²) in [6, 6.07) is 0. The molecule has 0 bridgehead atoms. The molecule has 0 aromatic rings. The van der Waals surface area contributed by atoms with E-state index in [1.165, 1.54) is 83.5 Å². The molecule has 0 spiro atoms. The third-order valence-electron chi connectivity index (χ3n) is 4.40. The fourth-order valence-corrected chi connectivity index (χ4v) is 2.90. The minimum Gasteiger partial charge on any atom is -0.447 e. The van der Waals surface area contributed by atoms with Gasteiger partial charge in [-0.1, -0.05) is 103 Å². The minimum atomic E-state index is -1.68. The number of rotatable bonds is 17. The summed E-state index contributed by atoms with van der Waals surface area (Å²) in [4.78, 5) is 28.4. The molecule has 0 aromatic carbocycles. The number of carbonyl (C=O) groups excluding carboxylic acids is 1. The first-order chi connectivity index (χ1) is 12.7. The number of hydrogen-bond acceptors (Lipinski definition) is 5. The van der Waals surface area contributed by atoms with Crippen molar-refractivity contribution in [3.05, 3.63) is 0 Å². The predicted molar refractivity (Wildman–Crippen MR) is 101 cm³/mol. The Labute approximate surface area is 158 Å². The van der Waals surface area contributed by atoms with Gasteiger partial charge in [0.1, 0.15) is 0 Å². The first-order valence-corrected chi connectivity index (χ1v) is 10.4. The topological polar surface area (TPSA) is 82.1 Å². The van der Waals surface area contributed by atoms with Gasteiger partial charge in [0.05, 0.1) is 6.61 Å². The molecule has 1 N–H and O–H groups in total. The van der Waals surface area contributed by atoms with Gasteiger partial charge in [-0.25, -0.2) is 9.68 Å². The second kappa shape index (κ2) is 19.9. The molecule has 154 valence electrons. The van der Waals surface area contributed by atoms with Crippen molar-refractivity contribution >= 4 is 12.3 Å². The molecule has 0 atom stereocenters. The molecule has 0 saturated heterocycles. The molecule has 0 unspecified atom stereocenters. The van der Waals surface area contributed by atoms with Crippen molar-refractivity contribution in [2.45, 2.75) is 110 Å². The lowest BCUT2D eigenvalue weighted by Crippen LogP contribution is -2.11. The van der Waals surface area contributed by atoms with Crippen LogP contribution in [0.3, 0.4) is 0 Å². The van der Waals surface area contributed by atoms with Crippen molar-refractivity contribution in [3.63, 3.8) is 0 Å². The average molecular weight is 375 g/mol. The van der Waals surface area contributed by atoms with E-state index in [-0.39, 0.29) is 6.61 Å². The van der Waals surface area contributed by atoms with E-state index in [1.807, 2.05) is 0 Å². The highest BCUT2D eigenvalue weighted by Gasteiger charge is 2.08. The number of carbonyl (C=O) groups is 2. The molecule has 0 aliphatic heterocycles. The zero-order valence-corrected chi connectivity index (χ0v) is 16.5. The van der Waals surface area contributed by atoms with Crippen LogP contribution in [-0.4, -0.2) is 24.0 Å². The molecule has 0 rings (SSSR count). The summed E-state index contributed by atoms with van der Waals surface area (Å²) < 4.78 is 4.66. The van der Waals surface area contributed by atoms with Gasteiger partial charge in [0, 0.05) is 0 Å². The monoisotopic (exact) mass is 374 g/mol. The van der Waals surface area contributed by atoms with Crippen molar-refractivity contribution in [2.75, 3.05) is 6.61 Å². The van der Waals surface area contributed by atoms with Crippen LogP contribution in [0.15, 0.2) is 0 Å². The molecule has 26 heavy (non-hydrogen) atoms. The van der Waals surface area contributed by atoms with Crippen LogP contribution in [0.5, 0.6) is 0 Å².